The summed E-state index contributed by atoms with van der Waals surface area (Å²) < 4.78 is 7.40. The molecule has 3 aromatic carbocycles. The number of hydrogen-bond donors (Lipinski definition) is 0. The SMILES string of the molecule is CCOC(=O)C1CCN(C(=O)C(C)N2C(=O)c3ccccc3C2c2c(-c3ccccc3)n(C)c3ccccc23)CC1. The van der Waals surface area contributed by atoms with Crippen LogP contribution in [-0.2, 0) is 21.4 Å². The Bertz CT molecular complexity index is 1620. The molecule has 2 aliphatic heterocycles. The summed E-state index contributed by atoms with van der Waals surface area (Å²) in [6.07, 6.45) is 1.13. The van der Waals surface area contributed by atoms with E-state index in [1.54, 1.807) is 16.7 Å². The van der Waals surface area contributed by atoms with Crippen molar-refractivity contribution in [2.45, 2.75) is 38.8 Å². The molecule has 2 unspecified atom stereocenters. The molecule has 0 spiro atoms. The fourth-order valence-corrected chi connectivity index (χ4v) is 6.65. The molecule has 7 heteroatoms. The first-order chi connectivity index (χ1) is 19.9. The summed E-state index contributed by atoms with van der Waals surface area (Å²) in [5.41, 5.74) is 5.71. The number of likely N-dealkylation sites (tertiary alicyclic amines) is 1. The zero-order valence-corrected chi connectivity index (χ0v) is 23.7. The van der Waals surface area contributed by atoms with Gasteiger partial charge in [0.25, 0.3) is 5.91 Å². The molecular weight excluding hydrogens is 514 g/mol. The van der Waals surface area contributed by atoms with Crippen molar-refractivity contribution in [2.75, 3.05) is 19.7 Å². The predicted molar refractivity (Wildman–Crippen MR) is 158 cm³/mol. The van der Waals surface area contributed by atoms with Gasteiger partial charge in [-0.1, -0.05) is 66.7 Å². The van der Waals surface area contributed by atoms with Gasteiger partial charge in [0.05, 0.1) is 24.3 Å². The zero-order valence-electron chi connectivity index (χ0n) is 23.7. The van der Waals surface area contributed by atoms with Gasteiger partial charge in [0, 0.05) is 42.2 Å². The predicted octanol–water partition coefficient (Wildman–Crippen LogP) is 5.58. The van der Waals surface area contributed by atoms with E-state index < -0.39 is 12.1 Å². The third kappa shape index (κ3) is 4.49. The molecule has 3 heterocycles. The van der Waals surface area contributed by atoms with Crippen molar-refractivity contribution in [3.8, 4) is 11.3 Å². The lowest BCUT2D eigenvalue weighted by molar-refractivity contribution is -0.151. The average molecular weight is 550 g/mol. The lowest BCUT2D eigenvalue weighted by atomic mass is 9.92. The van der Waals surface area contributed by atoms with Crippen molar-refractivity contribution in [3.63, 3.8) is 0 Å². The third-order valence-electron chi connectivity index (χ3n) is 8.67. The number of ether oxygens (including phenoxy) is 1. The number of para-hydroxylation sites is 1. The highest BCUT2D eigenvalue weighted by Crippen LogP contribution is 2.47. The molecule has 0 N–H and O–H groups in total. The van der Waals surface area contributed by atoms with Gasteiger partial charge in [0.15, 0.2) is 0 Å². The Morgan fingerprint density at radius 1 is 0.927 bits per heavy atom. The molecule has 1 saturated heterocycles. The standard InChI is InChI=1S/C34H35N3O4/c1-4-41-34(40)24-18-20-36(21-19-24)32(38)22(2)37-31(25-14-8-9-15-26(25)33(37)39)29-27-16-10-11-17-28(27)35(3)30(29)23-12-6-5-7-13-23/h5-17,22,24,31H,4,18-21H2,1-3H3. The number of benzene rings is 3. The number of amides is 2. The molecule has 2 aliphatic rings. The molecule has 210 valence electrons. The van der Waals surface area contributed by atoms with Gasteiger partial charge in [0.1, 0.15) is 6.04 Å². The van der Waals surface area contributed by atoms with Crippen LogP contribution in [0.3, 0.4) is 0 Å². The second-order valence-corrected chi connectivity index (χ2v) is 10.9. The van der Waals surface area contributed by atoms with Crippen LogP contribution in [0.2, 0.25) is 0 Å². The van der Waals surface area contributed by atoms with E-state index in [-0.39, 0.29) is 23.7 Å². The zero-order chi connectivity index (χ0) is 28.7. The molecule has 1 fully saturated rings. The second-order valence-electron chi connectivity index (χ2n) is 10.9. The third-order valence-corrected chi connectivity index (χ3v) is 8.67. The van der Waals surface area contributed by atoms with E-state index in [1.807, 2.05) is 61.5 Å². The first-order valence-electron chi connectivity index (χ1n) is 14.4. The van der Waals surface area contributed by atoms with Gasteiger partial charge in [-0.3, -0.25) is 14.4 Å². The van der Waals surface area contributed by atoms with Crippen LogP contribution < -0.4 is 0 Å². The topological polar surface area (TPSA) is 71.8 Å². The van der Waals surface area contributed by atoms with Crippen molar-refractivity contribution < 1.29 is 19.1 Å². The molecule has 0 radical (unpaired) electrons. The Hall–Kier alpha value is -4.39. The minimum absolute atomic E-state index is 0.0973. The van der Waals surface area contributed by atoms with E-state index in [1.165, 1.54) is 0 Å². The first kappa shape index (κ1) is 26.8. The smallest absolute Gasteiger partial charge is 0.309 e. The number of aromatic nitrogens is 1. The van der Waals surface area contributed by atoms with Gasteiger partial charge in [0.2, 0.25) is 5.91 Å². The van der Waals surface area contributed by atoms with Gasteiger partial charge in [-0.15, -0.1) is 0 Å². The van der Waals surface area contributed by atoms with Gasteiger partial charge < -0.3 is 19.1 Å². The maximum absolute atomic E-state index is 14.1. The van der Waals surface area contributed by atoms with E-state index in [0.29, 0.717) is 38.1 Å². The van der Waals surface area contributed by atoms with Crippen molar-refractivity contribution >= 4 is 28.7 Å². The van der Waals surface area contributed by atoms with Crippen molar-refractivity contribution in [1.29, 1.82) is 0 Å². The molecule has 1 aromatic heterocycles. The summed E-state index contributed by atoms with van der Waals surface area (Å²) in [6, 6.07) is 25.1. The van der Waals surface area contributed by atoms with Crippen LogP contribution >= 0.6 is 0 Å². The van der Waals surface area contributed by atoms with Crippen LogP contribution in [-0.4, -0.2) is 57.9 Å². The number of carbonyl (C=O) groups is 3. The van der Waals surface area contributed by atoms with Crippen molar-refractivity contribution in [2.24, 2.45) is 13.0 Å². The summed E-state index contributed by atoms with van der Waals surface area (Å²) in [4.78, 5) is 43.9. The monoisotopic (exact) mass is 549 g/mol. The summed E-state index contributed by atoms with van der Waals surface area (Å²) in [5, 5.41) is 1.06. The molecule has 4 aromatic rings. The highest BCUT2D eigenvalue weighted by atomic mass is 16.5. The Kier molecular flexibility index (Phi) is 7.12. The fourth-order valence-electron chi connectivity index (χ4n) is 6.65. The van der Waals surface area contributed by atoms with Crippen molar-refractivity contribution in [3.05, 3.63) is 95.6 Å². The molecule has 0 bridgehead atoms. The number of fused-ring (bicyclic) bond motifs is 2. The molecule has 0 saturated carbocycles. The van der Waals surface area contributed by atoms with E-state index in [9.17, 15) is 14.4 Å². The highest BCUT2D eigenvalue weighted by Gasteiger charge is 2.45. The van der Waals surface area contributed by atoms with E-state index in [0.717, 1.165) is 33.3 Å². The number of carbonyl (C=O) groups excluding carboxylic acids is 3. The molecule has 41 heavy (non-hydrogen) atoms. The number of hydrogen-bond acceptors (Lipinski definition) is 4. The van der Waals surface area contributed by atoms with Gasteiger partial charge in [-0.25, -0.2) is 0 Å². The fraction of sp³-hybridized carbons (Fsp3) is 0.324. The molecular formula is C34H35N3O4. The molecule has 2 atom stereocenters. The number of esters is 1. The van der Waals surface area contributed by atoms with Crippen LogP contribution in [0.1, 0.15) is 54.2 Å². The number of piperidine rings is 1. The van der Waals surface area contributed by atoms with E-state index in [2.05, 4.69) is 35.9 Å². The Balaban J connectivity index is 1.42. The normalized spacial score (nSPS) is 18.0. The second kappa shape index (κ2) is 10.9. The number of aryl methyl sites for hydroxylation is 1. The van der Waals surface area contributed by atoms with Gasteiger partial charge >= 0.3 is 5.97 Å². The van der Waals surface area contributed by atoms with Gasteiger partial charge in [-0.05, 0) is 49.9 Å². The summed E-state index contributed by atoms with van der Waals surface area (Å²) in [6.45, 7) is 4.93. The molecule has 0 aliphatic carbocycles. The summed E-state index contributed by atoms with van der Waals surface area (Å²) in [7, 11) is 2.06. The minimum atomic E-state index is -0.693. The summed E-state index contributed by atoms with van der Waals surface area (Å²) in [5.74, 6) is -0.620. The Morgan fingerprint density at radius 2 is 1.59 bits per heavy atom. The van der Waals surface area contributed by atoms with Crippen LogP contribution in [0.15, 0.2) is 78.9 Å². The van der Waals surface area contributed by atoms with Crippen LogP contribution in [0.4, 0.5) is 0 Å². The van der Waals surface area contributed by atoms with Gasteiger partial charge in [-0.2, -0.15) is 0 Å². The van der Waals surface area contributed by atoms with E-state index >= 15 is 0 Å². The highest BCUT2D eigenvalue weighted by molar-refractivity contribution is 6.04. The van der Waals surface area contributed by atoms with Crippen LogP contribution in [0.5, 0.6) is 0 Å². The largest absolute Gasteiger partial charge is 0.466 e. The van der Waals surface area contributed by atoms with Crippen molar-refractivity contribution in [1.82, 2.24) is 14.4 Å². The molecule has 7 nitrogen and oxygen atoms in total. The Morgan fingerprint density at radius 3 is 2.32 bits per heavy atom. The number of nitrogens with zero attached hydrogens (tertiary/aromatic N) is 3. The maximum atomic E-state index is 14.1. The minimum Gasteiger partial charge on any atom is -0.466 e. The Labute approximate surface area is 240 Å². The maximum Gasteiger partial charge on any atom is 0.309 e. The quantitative estimate of drug-likeness (QED) is 0.295. The van der Waals surface area contributed by atoms with Crippen LogP contribution in [0, 0.1) is 5.92 Å². The van der Waals surface area contributed by atoms with Crippen LogP contribution in [0.25, 0.3) is 22.2 Å². The lowest BCUT2D eigenvalue weighted by Gasteiger charge is -2.37. The summed E-state index contributed by atoms with van der Waals surface area (Å²) >= 11 is 0. The lowest BCUT2D eigenvalue weighted by Crippen LogP contribution is -2.51. The van der Waals surface area contributed by atoms with E-state index in [4.69, 9.17) is 4.74 Å². The molecule has 6 rings (SSSR count). The average Bonchev–Trinajstić information content (AvgIpc) is 3.47. The number of rotatable bonds is 6. The first-order valence-corrected chi connectivity index (χ1v) is 14.4. The molecule has 2 amide bonds.